The molecule has 0 fully saturated rings. The highest BCUT2D eigenvalue weighted by atomic mass is 32.1. The molecule has 0 saturated heterocycles. The van der Waals surface area contributed by atoms with Gasteiger partial charge in [-0.15, -0.1) is 11.3 Å². The minimum atomic E-state index is 0.118. The van der Waals surface area contributed by atoms with E-state index in [-0.39, 0.29) is 5.56 Å². The first-order valence-electron chi connectivity index (χ1n) is 6.39. The fourth-order valence-electron chi connectivity index (χ4n) is 1.83. The maximum Gasteiger partial charge on any atom is 0.259 e. The summed E-state index contributed by atoms with van der Waals surface area (Å²) < 4.78 is 2.86. The summed E-state index contributed by atoms with van der Waals surface area (Å²) in [5.74, 6) is 0.612. The molecule has 0 aromatic carbocycles. The Labute approximate surface area is 111 Å². The number of hydrogen-bond donors (Lipinski definition) is 1. The zero-order chi connectivity index (χ0) is 13.1. The van der Waals surface area contributed by atoms with Crippen molar-refractivity contribution >= 4 is 21.4 Å². The molecule has 1 atom stereocenters. The maximum atomic E-state index is 12.1. The second kappa shape index (κ2) is 5.67. The van der Waals surface area contributed by atoms with E-state index in [0.29, 0.717) is 12.0 Å². The topological polar surface area (TPSA) is 34.0 Å². The number of fused-ring (bicyclic) bond motifs is 1. The van der Waals surface area contributed by atoms with Gasteiger partial charge in [0.2, 0.25) is 0 Å². The van der Waals surface area contributed by atoms with Crippen LogP contribution < -0.4 is 10.9 Å². The summed E-state index contributed by atoms with van der Waals surface area (Å²) in [6, 6.07) is 4.40. The third-order valence-corrected chi connectivity index (χ3v) is 4.29. The van der Waals surface area contributed by atoms with Gasteiger partial charge in [-0.05, 0) is 30.4 Å². The SMILES string of the molecule is CC(C)C(C)NCCn1ccc2sccc2c1=O. The summed E-state index contributed by atoms with van der Waals surface area (Å²) in [5, 5.41) is 6.24. The molecule has 4 heteroatoms. The van der Waals surface area contributed by atoms with Crippen LogP contribution in [0.25, 0.3) is 10.1 Å². The third-order valence-electron chi connectivity index (χ3n) is 3.41. The van der Waals surface area contributed by atoms with Gasteiger partial charge in [0, 0.05) is 30.0 Å². The molecule has 2 rings (SSSR count). The van der Waals surface area contributed by atoms with E-state index in [0.717, 1.165) is 23.2 Å². The Morgan fingerprint density at radius 3 is 2.83 bits per heavy atom. The molecule has 0 spiro atoms. The van der Waals surface area contributed by atoms with E-state index in [4.69, 9.17) is 0 Å². The molecule has 0 amide bonds. The lowest BCUT2D eigenvalue weighted by Crippen LogP contribution is -2.35. The van der Waals surface area contributed by atoms with Crippen molar-refractivity contribution in [3.05, 3.63) is 34.1 Å². The van der Waals surface area contributed by atoms with E-state index >= 15 is 0 Å². The smallest absolute Gasteiger partial charge is 0.259 e. The number of pyridine rings is 1. The number of hydrogen-bond acceptors (Lipinski definition) is 3. The van der Waals surface area contributed by atoms with Crippen molar-refractivity contribution in [1.29, 1.82) is 0 Å². The van der Waals surface area contributed by atoms with Crippen LogP contribution in [0.2, 0.25) is 0 Å². The molecule has 0 bridgehead atoms. The standard InChI is InChI=1S/C14H20N2OS/c1-10(2)11(3)15-6-8-16-7-4-13-12(14(16)17)5-9-18-13/h4-5,7,9-11,15H,6,8H2,1-3H3. The minimum Gasteiger partial charge on any atom is -0.314 e. The zero-order valence-electron chi connectivity index (χ0n) is 11.1. The number of aromatic nitrogens is 1. The van der Waals surface area contributed by atoms with Crippen molar-refractivity contribution in [2.24, 2.45) is 5.92 Å². The average molecular weight is 264 g/mol. The molecule has 1 N–H and O–H groups in total. The van der Waals surface area contributed by atoms with Crippen molar-refractivity contribution < 1.29 is 0 Å². The summed E-state index contributed by atoms with van der Waals surface area (Å²) in [6.07, 6.45) is 1.89. The first kappa shape index (κ1) is 13.3. The van der Waals surface area contributed by atoms with Gasteiger partial charge in [-0.3, -0.25) is 4.79 Å². The van der Waals surface area contributed by atoms with Crippen molar-refractivity contribution in [2.75, 3.05) is 6.54 Å². The van der Waals surface area contributed by atoms with Crippen LogP contribution in [-0.4, -0.2) is 17.2 Å². The Balaban J connectivity index is 2.04. The molecule has 0 aliphatic rings. The molecule has 98 valence electrons. The summed E-state index contributed by atoms with van der Waals surface area (Å²) in [6.45, 7) is 8.12. The third kappa shape index (κ3) is 2.82. The first-order valence-corrected chi connectivity index (χ1v) is 7.27. The number of nitrogens with zero attached hydrogens (tertiary/aromatic N) is 1. The van der Waals surface area contributed by atoms with Gasteiger partial charge in [0.1, 0.15) is 0 Å². The van der Waals surface area contributed by atoms with Crippen molar-refractivity contribution in [2.45, 2.75) is 33.4 Å². The Hall–Kier alpha value is -1.13. The van der Waals surface area contributed by atoms with Crippen LogP contribution in [-0.2, 0) is 6.54 Å². The minimum absolute atomic E-state index is 0.118. The lowest BCUT2D eigenvalue weighted by molar-refractivity contribution is 0.415. The molecule has 18 heavy (non-hydrogen) atoms. The van der Waals surface area contributed by atoms with Gasteiger partial charge in [0.25, 0.3) is 5.56 Å². The highest BCUT2D eigenvalue weighted by Gasteiger charge is 2.06. The molecule has 0 saturated carbocycles. The molecular formula is C14H20N2OS. The predicted octanol–water partition coefficient (Wildman–Crippen LogP) is 2.70. The van der Waals surface area contributed by atoms with Crippen LogP contribution in [0, 0.1) is 5.92 Å². The van der Waals surface area contributed by atoms with Crippen molar-refractivity contribution in [3.8, 4) is 0 Å². The second-order valence-electron chi connectivity index (χ2n) is 5.00. The van der Waals surface area contributed by atoms with Gasteiger partial charge < -0.3 is 9.88 Å². The van der Waals surface area contributed by atoms with Crippen LogP contribution in [0.4, 0.5) is 0 Å². The molecule has 0 aliphatic heterocycles. The monoisotopic (exact) mass is 264 g/mol. The van der Waals surface area contributed by atoms with Gasteiger partial charge in [-0.2, -0.15) is 0 Å². The molecule has 2 heterocycles. The van der Waals surface area contributed by atoms with E-state index < -0.39 is 0 Å². The van der Waals surface area contributed by atoms with E-state index in [2.05, 4.69) is 26.1 Å². The lowest BCUT2D eigenvalue weighted by Gasteiger charge is -2.17. The van der Waals surface area contributed by atoms with Gasteiger partial charge >= 0.3 is 0 Å². The van der Waals surface area contributed by atoms with E-state index in [1.54, 1.807) is 15.9 Å². The molecule has 2 aromatic rings. The molecule has 3 nitrogen and oxygen atoms in total. The fraction of sp³-hybridized carbons (Fsp3) is 0.500. The summed E-state index contributed by atoms with van der Waals surface area (Å²) in [7, 11) is 0. The van der Waals surface area contributed by atoms with Crippen LogP contribution >= 0.6 is 11.3 Å². The molecule has 0 aliphatic carbocycles. The van der Waals surface area contributed by atoms with E-state index in [1.165, 1.54) is 0 Å². The highest BCUT2D eigenvalue weighted by molar-refractivity contribution is 7.17. The van der Waals surface area contributed by atoms with E-state index in [1.807, 2.05) is 23.7 Å². The largest absolute Gasteiger partial charge is 0.314 e. The van der Waals surface area contributed by atoms with Crippen molar-refractivity contribution in [3.63, 3.8) is 0 Å². The second-order valence-corrected chi connectivity index (χ2v) is 5.95. The molecular weight excluding hydrogens is 244 g/mol. The number of nitrogens with one attached hydrogen (secondary N) is 1. The lowest BCUT2D eigenvalue weighted by atomic mass is 10.1. The maximum absolute atomic E-state index is 12.1. The summed E-state index contributed by atoms with van der Waals surface area (Å²) in [4.78, 5) is 12.1. The average Bonchev–Trinajstić information content (AvgIpc) is 2.80. The molecule has 0 radical (unpaired) electrons. The molecule has 1 unspecified atom stereocenters. The quantitative estimate of drug-likeness (QED) is 0.901. The Bertz CT molecular complexity index is 570. The summed E-state index contributed by atoms with van der Waals surface area (Å²) >= 11 is 1.61. The normalized spacial score (nSPS) is 13.3. The predicted molar refractivity (Wildman–Crippen MR) is 78.4 cm³/mol. The van der Waals surface area contributed by atoms with Crippen LogP contribution in [0.15, 0.2) is 28.5 Å². The fourth-order valence-corrected chi connectivity index (χ4v) is 2.60. The summed E-state index contributed by atoms with van der Waals surface area (Å²) in [5.41, 5.74) is 0.118. The van der Waals surface area contributed by atoms with Gasteiger partial charge in [-0.1, -0.05) is 13.8 Å². The van der Waals surface area contributed by atoms with Crippen LogP contribution in [0.1, 0.15) is 20.8 Å². The van der Waals surface area contributed by atoms with Gasteiger partial charge in [-0.25, -0.2) is 0 Å². The van der Waals surface area contributed by atoms with Gasteiger partial charge in [0.15, 0.2) is 0 Å². The number of rotatable bonds is 5. The Morgan fingerprint density at radius 1 is 1.33 bits per heavy atom. The van der Waals surface area contributed by atoms with E-state index in [9.17, 15) is 4.79 Å². The van der Waals surface area contributed by atoms with Gasteiger partial charge in [0.05, 0.1) is 5.39 Å². The van der Waals surface area contributed by atoms with Crippen LogP contribution in [0.5, 0.6) is 0 Å². The zero-order valence-corrected chi connectivity index (χ0v) is 12.0. The first-order chi connectivity index (χ1) is 8.59. The highest BCUT2D eigenvalue weighted by Crippen LogP contribution is 2.15. The number of thiophene rings is 1. The Kier molecular flexibility index (Phi) is 4.19. The Morgan fingerprint density at radius 2 is 2.11 bits per heavy atom. The molecule has 2 aromatic heterocycles. The van der Waals surface area contributed by atoms with Crippen LogP contribution in [0.3, 0.4) is 0 Å². The van der Waals surface area contributed by atoms with Crippen molar-refractivity contribution in [1.82, 2.24) is 9.88 Å².